The number of ether oxygens (including phenoxy) is 2. The Kier molecular flexibility index (Phi) is 6.05. The topological polar surface area (TPSA) is 64.6 Å². The standard InChI is InChI=1S/C17H24ClNO4/c1-16(2,3)22-14(20)10-11-9-12(18)7-8-13(11)19-15(21)23-17(4,5)6/h7-9H,10H2,1-6H3,(H,19,21). The number of benzene rings is 1. The first-order valence-corrected chi connectivity index (χ1v) is 7.74. The Morgan fingerprint density at radius 3 is 2.13 bits per heavy atom. The lowest BCUT2D eigenvalue weighted by Crippen LogP contribution is -2.28. The molecule has 0 spiro atoms. The van der Waals surface area contributed by atoms with Gasteiger partial charge < -0.3 is 9.47 Å². The highest BCUT2D eigenvalue weighted by Crippen LogP contribution is 2.23. The van der Waals surface area contributed by atoms with Gasteiger partial charge in [-0.2, -0.15) is 0 Å². The van der Waals surface area contributed by atoms with E-state index in [0.717, 1.165) is 0 Å². The minimum Gasteiger partial charge on any atom is -0.460 e. The number of rotatable bonds is 3. The van der Waals surface area contributed by atoms with E-state index in [0.29, 0.717) is 16.3 Å². The molecule has 0 bridgehead atoms. The summed E-state index contributed by atoms with van der Waals surface area (Å²) in [6.07, 6.45) is -0.589. The number of anilines is 1. The number of halogens is 1. The molecule has 5 nitrogen and oxygen atoms in total. The van der Waals surface area contributed by atoms with Crippen LogP contribution >= 0.6 is 11.6 Å². The molecular formula is C17H24ClNO4. The number of carbonyl (C=O) groups excluding carboxylic acids is 2. The van der Waals surface area contributed by atoms with Crippen LogP contribution in [0.3, 0.4) is 0 Å². The maximum absolute atomic E-state index is 12.0. The minimum absolute atomic E-state index is 0.00294. The quantitative estimate of drug-likeness (QED) is 0.818. The molecule has 128 valence electrons. The Labute approximate surface area is 142 Å². The van der Waals surface area contributed by atoms with Gasteiger partial charge in [0.2, 0.25) is 0 Å². The van der Waals surface area contributed by atoms with E-state index in [1.807, 2.05) is 0 Å². The van der Waals surface area contributed by atoms with Crippen LogP contribution in [0.15, 0.2) is 18.2 Å². The van der Waals surface area contributed by atoms with Crippen LogP contribution in [0.25, 0.3) is 0 Å². The second-order valence-corrected chi connectivity index (χ2v) is 7.63. The van der Waals surface area contributed by atoms with Crippen molar-refractivity contribution >= 4 is 29.4 Å². The molecule has 0 saturated heterocycles. The van der Waals surface area contributed by atoms with Crippen LogP contribution in [0.4, 0.5) is 10.5 Å². The summed E-state index contributed by atoms with van der Waals surface area (Å²) in [5.41, 5.74) is -0.150. The first-order chi connectivity index (χ1) is 10.4. The molecule has 0 radical (unpaired) electrons. The van der Waals surface area contributed by atoms with Gasteiger partial charge >= 0.3 is 12.1 Å². The fourth-order valence-electron chi connectivity index (χ4n) is 1.78. The van der Waals surface area contributed by atoms with Gasteiger partial charge in [0.15, 0.2) is 0 Å². The SMILES string of the molecule is CC(C)(C)OC(=O)Cc1cc(Cl)ccc1NC(=O)OC(C)(C)C. The lowest BCUT2D eigenvalue weighted by atomic mass is 10.1. The van der Waals surface area contributed by atoms with E-state index in [9.17, 15) is 9.59 Å². The van der Waals surface area contributed by atoms with Gasteiger partial charge in [0.25, 0.3) is 0 Å². The molecule has 0 fully saturated rings. The van der Waals surface area contributed by atoms with Crippen LogP contribution in [0.2, 0.25) is 5.02 Å². The second-order valence-electron chi connectivity index (χ2n) is 7.19. The van der Waals surface area contributed by atoms with E-state index in [4.69, 9.17) is 21.1 Å². The molecule has 1 amide bonds. The van der Waals surface area contributed by atoms with Gasteiger partial charge in [0.1, 0.15) is 11.2 Å². The van der Waals surface area contributed by atoms with Crippen molar-refractivity contribution in [2.45, 2.75) is 59.2 Å². The number of hydrogen-bond donors (Lipinski definition) is 1. The van der Waals surface area contributed by atoms with Crippen LogP contribution < -0.4 is 5.32 Å². The summed E-state index contributed by atoms with van der Waals surface area (Å²) in [6.45, 7) is 10.7. The van der Waals surface area contributed by atoms with E-state index in [-0.39, 0.29) is 6.42 Å². The molecule has 1 rings (SSSR count). The van der Waals surface area contributed by atoms with Crippen molar-refractivity contribution in [3.63, 3.8) is 0 Å². The molecule has 1 N–H and O–H groups in total. The average molecular weight is 342 g/mol. The largest absolute Gasteiger partial charge is 0.460 e. The molecule has 6 heteroatoms. The van der Waals surface area contributed by atoms with Crippen molar-refractivity contribution in [3.8, 4) is 0 Å². The van der Waals surface area contributed by atoms with Crippen LogP contribution in [0, 0.1) is 0 Å². The van der Waals surface area contributed by atoms with Gasteiger partial charge in [-0.3, -0.25) is 10.1 Å². The molecule has 1 aromatic rings. The molecule has 1 aromatic carbocycles. The highest BCUT2D eigenvalue weighted by molar-refractivity contribution is 6.30. The Morgan fingerprint density at radius 1 is 1.04 bits per heavy atom. The monoisotopic (exact) mass is 341 g/mol. The van der Waals surface area contributed by atoms with Crippen molar-refractivity contribution in [3.05, 3.63) is 28.8 Å². The smallest absolute Gasteiger partial charge is 0.412 e. The zero-order valence-electron chi connectivity index (χ0n) is 14.5. The van der Waals surface area contributed by atoms with Crippen LogP contribution in [0.1, 0.15) is 47.1 Å². The molecule has 0 aliphatic heterocycles. The van der Waals surface area contributed by atoms with Gasteiger partial charge in [0, 0.05) is 10.7 Å². The summed E-state index contributed by atoms with van der Waals surface area (Å²) < 4.78 is 10.5. The Morgan fingerprint density at radius 2 is 1.61 bits per heavy atom. The predicted molar refractivity (Wildman–Crippen MR) is 90.9 cm³/mol. The van der Waals surface area contributed by atoms with Gasteiger partial charge in [-0.05, 0) is 65.3 Å². The lowest BCUT2D eigenvalue weighted by molar-refractivity contribution is -0.153. The molecular weight excluding hydrogens is 318 g/mol. The summed E-state index contributed by atoms with van der Waals surface area (Å²) in [5, 5.41) is 3.11. The predicted octanol–water partition coefficient (Wildman–Crippen LogP) is 4.57. The fourth-order valence-corrected chi connectivity index (χ4v) is 1.97. The van der Waals surface area contributed by atoms with Crippen molar-refractivity contribution < 1.29 is 19.1 Å². The third kappa shape index (κ3) is 7.88. The van der Waals surface area contributed by atoms with Crippen molar-refractivity contribution in [1.29, 1.82) is 0 Å². The van der Waals surface area contributed by atoms with E-state index >= 15 is 0 Å². The van der Waals surface area contributed by atoms with E-state index in [1.165, 1.54) is 0 Å². The van der Waals surface area contributed by atoms with Crippen molar-refractivity contribution in [1.82, 2.24) is 0 Å². The number of nitrogens with one attached hydrogen (secondary N) is 1. The molecule has 0 aliphatic carbocycles. The zero-order chi connectivity index (χ0) is 17.8. The minimum atomic E-state index is -0.609. The zero-order valence-corrected chi connectivity index (χ0v) is 15.2. The van der Waals surface area contributed by atoms with Gasteiger partial charge in [-0.25, -0.2) is 4.79 Å². The van der Waals surface area contributed by atoms with Crippen molar-refractivity contribution in [2.24, 2.45) is 0 Å². The normalized spacial score (nSPS) is 11.8. The first kappa shape index (κ1) is 19.3. The van der Waals surface area contributed by atoms with Crippen LogP contribution in [-0.4, -0.2) is 23.3 Å². The summed E-state index contributed by atoms with van der Waals surface area (Å²) >= 11 is 5.98. The number of esters is 1. The van der Waals surface area contributed by atoms with E-state index < -0.39 is 23.3 Å². The summed E-state index contributed by atoms with van der Waals surface area (Å²) in [6, 6.07) is 4.89. The van der Waals surface area contributed by atoms with E-state index in [1.54, 1.807) is 59.7 Å². The third-order valence-electron chi connectivity index (χ3n) is 2.46. The third-order valence-corrected chi connectivity index (χ3v) is 2.69. The summed E-state index contributed by atoms with van der Waals surface area (Å²) in [5.74, 6) is -0.396. The maximum atomic E-state index is 12.0. The molecule has 0 aliphatic rings. The van der Waals surface area contributed by atoms with Crippen LogP contribution in [0.5, 0.6) is 0 Å². The van der Waals surface area contributed by atoms with Crippen molar-refractivity contribution in [2.75, 3.05) is 5.32 Å². The number of carbonyl (C=O) groups is 2. The lowest BCUT2D eigenvalue weighted by Gasteiger charge is -2.21. The second kappa shape index (κ2) is 7.21. The average Bonchev–Trinajstić information content (AvgIpc) is 2.27. The molecule has 0 heterocycles. The number of amides is 1. The Balaban J connectivity index is 2.89. The molecule has 0 unspecified atom stereocenters. The number of hydrogen-bond acceptors (Lipinski definition) is 4. The van der Waals surface area contributed by atoms with Gasteiger partial charge in [-0.1, -0.05) is 11.6 Å². The molecule has 0 aromatic heterocycles. The fraction of sp³-hybridized carbons (Fsp3) is 0.529. The van der Waals surface area contributed by atoms with E-state index in [2.05, 4.69) is 5.32 Å². The molecule has 0 atom stereocenters. The molecule has 0 saturated carbocycles. The maximum Gasteiger partial charge on any atom is 0.412 e. The summed E-state index contributed by atoms with van der Waals surface area (Å²) in [4.78, 5) is 23.9. The highest BCUT2D eigenvalue weighted by Gasteiger charge is 2.20. The first-order valence-electron chi connectivity index (χ1n) is 7.36. The van der Waals surface area contributed by atoms with Gasteiger partial charge in [-0.15, -0.1) is 0 Å². The Hall–Kier alpha value is -1.75. The highest BCUT2D eigenvalue weighted by atomic mass is 35.5. The van der Waals surface area contributed by atoms with Crippen LogP contribution in [-0.2, 0) is 20.7 Å². The molecule has 23 heavy (non-hydrogen) atoms. The summed E-state index contributed by atoms with van der Waals surface area (Å²) in [7, 11) is 0. The Bertz CT molecular complexity index is 585. The van der Waals surface area contributed by atoms with Gasteiger partial charge in [0.05, 0.1) is 6.42 Å².